The van der Waals surface area contributed by atoms with Crippen molar-refractivity contribution in [3.63, 3.8) is 0 Å². The summed E-state index contributed by atoms with van der Waals surface area (Å²) in [5.41, 5.74) is 2.49. The van der Waals surface area contributed by atoms with Crippen LogP contribution >= 0.6 is 35.6 Å². The number of amides is 1. The average molecular weight is 403 g/mol. The largest absolute Gasteiger partial charge is 0.350 e. The number of carbonyl (C=O) groups is 1. The summed E-state index contributed by atoms with van der Waals surface area (Å²) in [5.74, 6) is -0.775. The number of nitrogens with zero attached hydrogens (tertiary/aromatic N) is 2. The molecule has 0 spiro atoms. The molecule has 0 radical (unpaired) electrons. The molecule has 1 aromatic heterocycles. The minimum Gasteiger partial charge on any atom is -0.350 e. The Morgan fingerprint density at radius 2 is 2.00 bits per heavy atom. The van der Waals surface area contributed by atoms with Crippen molar-refractivity contribution in [2.45, 2.75) is 0 Å². The molecular weight excluding hydrogens is 391 g/mol. The number of thiocarbonyl (C=S) groups is 1. The van der Waals surface area contributed by atoms with Gasteiger partial charge in [-0.3, -0.25) is 9.69 Å². The van der Waals surface area contributed by atoms with E-state index < -0.39 is 5.82 Å². The van der Waals surface area contributed by atoms with Crippen LogP contribution in [0.3, 0.4) is 0 Å². The number of para-hydroxylation sites is 1. The van der Waals surface area contributed by atoms with Crippen molar-refractivity contribution in [2.75, 3.05) is 4.90 Å². The molecule has 0 aliphatic carbocycles. The number of halogens is 2. The fourth-order valence-corrected chi connectivity index (χ4v) is 4.41. The number of hydrogen-bond donors (Lipinski definition) is 0. The number of rotatable bonds is 2. The second-order valence-electron chi connectivity index (χ2n) is 5.83. The molecule has 0 atom stereocenters. The monoisotopic (exact) mass is 402 g/mol. The highest BCUT2D eigenvalue weighted by Crippen LogP contribution is 2.38. The highest BCUT2D eigenvalue weighted by molar-refractivity contribution is 8.27. The minimum atomic E-state index is -0.535. The Morgan fingerprint density at radius 1 is 1.23 bits per heavy atom. The van der Waals surface area contributed by atoms with E-state index in [2.05, 4.69) is 0 Å². The number of anilines is 1. The first-order chi connectivity index (χ1) is 12.5. The van der Waals surface area contributed by atoms with E-state index in [1.165, 1.54) is 34.9 Å². The van der Waals surface area contributed by atoms with Crippen molar-refractivity contribution in [3.8, 4) is 0 Å². The number of fused-ring (bicyclic) bond motifs is 1. The van der Waals surface area contributed by atoms with Crippen LogP contribution in [-0.4, -0.2) is 14.8 Å². The quantitative estimate of drug-likeness (QED) is 0.425. The van der Waals surface area contributed by atoms with Crippen molar-refractivity contribution in [1.82, 2.24) is 4.57 Å². The van der Waals surface area contributed by atoms with Crippen molar-refractivity contribution >= 4 is 68.5 Å². The van der Waals surface area contributed by atoms with Crippen LogP contribution in [0.25, 0.3) is 17.0 Å². The van der Waals surface area contributed by atoms with Gasteiger partial charge in [-0.05, 0) is 30.3 Å². The first kappa shape index (κ1) is 17.3. The third-order valence-electron chi connectivity index (χ3n) is 4.17. The van der Waals surface area contributed by atoms with Gasteiger partial charge in [-0.2, -0.15) is 0 Å². The van der Waals surface area contributed by atoms with E-state index in [0.29, 0.717) is 14.9 Å². The fraction of sp³-hybridized carbons (Fsp3) is 0.0526. The van der Waals surface area contributed by atoms with E-state index >= 15 is 0 Å². The number of thioether (sulfide) groups is 1. The minimum absolute atomic E-state index is 0.0467. The van der Waals surface area contributed by atoms with Gasteiger partial charge in [0, 0.05) is 29.7 Å². The smallest absolute Gasteiger partial charge is 0.270 e. The number of aryl methyl sites for hydroxylation is 1. The molecule has 3 aromatic rings. The van der Waals surface area contributed by atoms with E-state index in [9.17, 15) is 9.18 Å². The predicted octanol–water partition coefficient (Wildman–Crippen LogP) is 5.38. The number of carbonyl (C=O) groups excluding carboxylic acids is 1. The Balaban J connectivity index is 1.74. The molecule has 26 heavy (non-hydrogen) atoms. The van der Waals surface area contributed by atoms with E-state index in [4.69, 9.17) is 23.8 Å². The van der Waals surface area contributed by atoms with Gasteiger partial charge in [0.25, 0.3) is 5.91 Å². The summed E-state index contributed by atoms with van der Waals surface area (Å²) in [6, 6.07) is 12.1. The molecule has 130 valence electrons. The molecular formula is C19H12ClFN2OS2. The summed E-state index contributed by atoms with van der Waals surface area (Å²) in [6.45, 7) is 0. The van der Waals surface area contributed by atoms with Gasteiger partial charge in [-0.1, -0.05) is 53.8 Å². The van der Waals surface area contributed by atoms with E-state index in [0.717, 1.165) is 16.5 Å². The first-order valence-corrected chi connectivity index (χ1v) is 9.33. The molecule has 0 unspecified atom stereocenters. The second kappa shape index (κ2) is 6.54. The van der Waals surface area contributed by atoms with Crippen LogP contribution in [0.5, 0.6) is 0 Å². The molecule has 4 rings (SSSR count). The third-order valence-corrected chi connectivity index (χ3v) is 5.76. The van der Waals surface area contributed by atoms with Gasteiger partial charge >= 0.3 is 0 Å². The molecule has 1 saturated heterocycles. The standard InChI is InChI=1S/C19H12ClFN2OS2/c1-22-10-11(13-4-2-3-5-16(13)22)8-17-18(24)23(19(25)26-17)12-6-7-15(21)14(20)9-12/h2-10H,1H3/b17-8+. The van der Waals surface area contributed by atoms with Crippen LogP contribution in [-0.2, 0) is 11.8 Å². The summed E-state index contributed by atoms with van der Waals surface area (Å²) in [7, 11) is 1.96. The van der Waals surface area contributed by atoms with Crippen molar-refractivity contribution in [1.29, 1.82) is 0 Å². The van der Waals surface area contributed by atoms with Crippen LogP contribution in [0.2, 0.25) is 5.02 Å². The number of aromatic nitrogens is 1. The molecule has 7 heteroatoms. The summed E-state index contributed by atoms with van der Waals surface area (Å²) in [6.07, 6.45) is 3.82. The van der Waals surface area contributed by atoms with Gasteiger partial charge < -0.3 is 4.57 Å². The van der Waals surface area contributed by atoms with Crippen molar-refractivity contribution in [2.24, 2.45) is 7.05 Å². The van der Waals surface area contributed by atoms with E-state index in [-0.39, 0.29) is 10.9 Å². The Morgan fingerprint density at radius 3 is 2.77 bits per heavy atom. The topological polar surface area (TPSA) is 25.2 Å². The van der Waals surface area contributed by atoms with Crippen LogP contribution in [0.15, 0.2) is 53.6 Å². The number of hydrogen-bond acceptors (Lipinski definition) is 3. The Kier molecular flexibility index (Phi) is 4.34. The predicted molar refractivity (Wildman–Crippen MR) is 110 cm³/mol. The second-order valence-corrected chi connectivity index (χ2v) is 7.91. The molecule has 1 fully saturated rings. The van der Waals surface area contributed by atoms with Crippen LogP contribution in [0.1, 0.15) is 5.56 Å². The SMILES string of the molecule is Cn1cc(/C=C2/SC(=S)N(c3ccc(F)c(Cl)c3)C2=O)c2ccccc21. The summed E-state index contributed by atoms with van der Waals surface area (Å²) < 4.78 is 15.8. The van der Waals surface area contributed by atoms with E-state index in [1.54, 1.807) is 0 Å². The fourth-order valence-electron chi connectivity index (χ4n) is 2.94. The molecule has 2 aromatic carbocycles. The zero-order valence-corrected chi connectivity index (χ0v) is 16.0. The van der Waals surface area contributed by atoms with E-state index in [1.807, 2.05) is 48.2 Å². The lowest BCUT2D eigenvalue weighted by molar-refractivity contribution is -0.113. The lowest BCUT2D eigenvalue weighted by Gasteiger charge is -2.14. The van der Waals surface area contributed by atoms with Gasteiger partial charge in [0.15, 0.2) is 4.32 Å². The van der Waals surface area contributed by atoms with Gasteiger partial charge in [-0.25, -0.2) is 4.39 Å². The van der Waals surface area contributed by atoms with Crippen LogP contribution in [0.4, 0.5) is 10.1 Å². The molecule has 0 N–H and O–H groups in total. The van der Waals surface area contributed by atoms with Crippen molar-refractivity contribution < 1.29 is 9.18 Å². The lowest BCUT2D eigenvalue weighted by Crippen LogP contribution is -2.27. The van der Waals surface area contributed by atoms with Gasteiger partial charge in [0.05, 0.1) is 15.6 Å². The molecule has 3 nitrogen and oxygen atoms in total. The maximum absolute atomic E-state index is 13.4. The molecule has 0 saturated carbocycles. The zero-order chi connectivity index (χ0) is 18.4. The summed E-state index contributed by atoms with van der Waals surface area (Å²) >= 11 is 12.4. The van der Waals surface area contributed by atoms with Crippen molar-refractivity contribution in [3.05, 3.63) is 70.0 Å². The van der Waals surface area contributed by atoms with Gasteiger partial charge in [0.2, 0.25) is 0 Å². The lowest BCUT2D eigenvalue weighted by atomic mass is 10.1. The van der Waals surface area contributed by atoms with Gasteiger partial charge in [0.1, 0.15) is 5.82 Å². The van der Waals surface area contributed by atoms with Crippen LogP contribution in [0, 0.1) is 5.82 Å². The zero-order valence-electron chi connectivity index (χ0n) is 13.6. The Bertz CT molecular complexity index is 1110. The molecule has 1 aliphatic rings. The average Bonchev–Trinajstić information content (AvgIpc) is 3.08. The number of benzene rings is 2. The third kappa shape index (κ3) is 2.84. The molecule has 2 heterocycles. The Hall–Kier alpha value is -2.15. The first-order valence-electron chi connectivity index (χ1n) is 7.73. The molecule has 0 bridgehead atoms. The maximum Gasteiger partial charge on any atom is 0.270 e. The van der Waals surface area contributed by atoms with Gasteiger partial charge in [-0.15, -0.1) is 0 Å². The van der Waals surface area contributed by atoms with Crippen LogP contribution < -0.4 is 4.90 Å². The maximum atomic E-state index is 13.4. The molecule has 1 amide bonds. The Labute approximate surface area is 164 Å². The normalized spacial score (nSPS) is 16.3. The summed E-state index contributed by atoms with van der Waals surface area (Å²) in [4.78, 5) is 14.8. The molecule has 1 aliphatic heterocycles. The summed E-state index contributed by atoms with van der Waals surface area (Å²) in [5, 5.41) is 1.01. The highest BCUT2D eigenvalue weighted by Gasteiger charge is 2.33. The highest BCUT2D eigenvalue weighted by atomic mass is 35.5.